The fraction of sp³-hybridized carbons (Fsp3) is 0.913. The molecular formula is C23H45N5O3. The lowest BCUT2D eigenvalue weighted by molar-refractivity contribution is 0.0214. The Morgan fingerprint density at radius 1 is 1.23 bits per heavy atom. The molecule has 0 bridgehead atoms. The molecule has 1 N–H and O–H groups in total. The number of piperidine rings is 1. The van der Waals surface area contributed by atoms with Crippen molar-refractivity contribution in [1.82, 2.24) is 20.0 Å². The lowest BCUT2D eigenvalue weighted by atomic mass is 9.96. The molecule has 0 aromatic rings. The molecule has 2 fully saturated rings. The van der Waals surface area contributed by atoms with Gasteiger partial charge in [0.05, 0.1) is 13.2 Å². The third-order valence-corrected chi connectivity index (χ3v) is 5.92. The van der Waals surface area contributed by atoms with E-state index in [9.17, 15) is 4.79 Å². The number of nitrogens with one attached hydrogen (secondary N) is 1. The van der Waals surface area contributed by atoms with Crippen LogP contribution in [0, 0.1) is 11.8 Å². The number of carbonyl (C=O) groups is 1. The first-order valence-corrected chi connectivity index (χ1v) is 12.0. The van der Waals surface area contributed by atoms with E-state index in [-0.39, 0.29) is 6.09 Å². The molecule has 8 nitrogen and oxygen atoms in total. The fourth-order valence-corrected chi connectivity index (χ4v) is 4.19. The summed E-state index contributed by atoms with van der Waals surface area (Å²) in [5.41, 5.74) is -0.453. The van der Waals surface area contributed by atoms with Gasteiger partial charge in [-0.25, -0.2) is 4.79 Å². The number of likely N-dealkylation sites (tertiary alicyclic amines) is 1. The highest BCUT2D eigenvalue weighted by Crippen LogP contribution is 2.20. The summed E-state index contributed by atoms with van der Waals surface area (Å²) in [5, 5.41) is 3.57. The van der Waals surface area contributed by atoms with E-state index in [1.165, 1.54) is 0 Å². The Morgan fingerprint density at radius 2 is 1.87 bits per heavy atom. The molecule has 1 unspecified atom stereocenters. The van der Waals surface area contributed by atoms with Gasteiger partial charge in [-0.2, -0.15) is 0 Å². The molecule has 0 aromatic heterocycles. The van der Waals surface area contributed by atoms with Crippen molar-refractivity contribution in [2.24, 2.45) is 16.8 Å². The first-order valence-electron chi connectivity index (χ1n) is 12.0. The Hall–Kier alpha value is -1.54. The molecule has 0 aliphatic carbocycles. The van der Waals surface area contributed by atoms with Gasteiger partial charge in [0.2, 0.25) is 0 Å². The fourth-order valence-electron chi connectivity index (χ4n) is 4.19. The highest BCUT2D eigenvalue weighted by molar-refractivity contribution is 5.80. The van der Waals surface area contributed by atoms with Crippen LogP contribution in [0.2, 0.25) is 0 Å². The predicted octanol–water partition coefficient (Wildman–Crippen LogP) is 2.50. The Bertz CT molecular complexity index is 564. The maximum Gasteiger partial charge on any atom is 0.410 e. The first kappa shape index (κ1) is 25.7. The van der Waals surface area contributed by atoms with E-state index < -0.39 is 5.60 Å². The number of morpholine rings is 1. The number of nitrogens with zero attached hydrogens (tertiary/aromatic N) is 4. The molecule has 2 aliphatic heterocycles. The molecule has 2 rings (SSSR count). The molecule has 2 aliphatic rings. The summed E-state index contributed by atoms with van der Waals surface area (Å²) in [6.07, 6.45) is 1.91. The third-order valence-electron chi connectivity index (χ3n) is 5.92. The van der Waals surface area contributed by atoms with Gasteiger partial charge >= 0.3 is 6.09 Å². The van der Waals surface area contributed by atoms with Crippen molar-refractivity contribution < 1.29 is 14.3 Å². The van der Waals surface area contributed by atoms with E-state index in [1.807, 2.05) is 39.6 Å². The Kier molecular flexibility index (Phi) is 10.4. The summed E-state index contributed by atoms with van der Waals surface area (Å²) in [6, 6.07) is 0. The monoisotopic (exact) mass is 439 g/mol. The number of aliphatic imine (C=N–C) groups is 1. The van der Waals surface area contributed by atoms with E-state index in [2.05, 4.69) is 27.0 Å². The molecule has 1 amide bonds. The number of carbonyl (C=O) groups excluding carboxylic acids is 1. The summed E-state index contributed by atoms with van der Waals surface area (Å²) in [7, 11) is 1.86. The molecule has 2 saturated heterocycles. The number of hydrogen-bond donors (Lipinski definition) is 1. The minimum absolute atomic E-state index is 0.204. The van der Waals surface area contributed by atoms with Crippen molar-refractivity contribution in [3.8, 4) is 0 Å². The van der Waals surface area contributed by atoms with Gasteiger partial charge in [0.15, 0.2) is 5.96 Å². The number of guanidine groups is 1. The van der Waals surface area contributed by atoms with Crippen LogP contribution in [-0.2, 0) is 9.47 Å². The lowest BCUT2D eigenvalue weighted by Gasteiger charge is -2.37. The summed E-state index contributed by atoms with van der Waals surface area (Å²) in [6.45, 7) is 19.2. The number of ether oxygens (including phenoxy) is 2. The van der Waals surface area contributed by atoms with E-state index in [4.69, 9.17) is 9.47 Å². The second-order valence-corrected chi connectivity index (χ2v) is 9.90. The van der Waals surface area contributed by atoms with Crippen LogP contribution < -0.4 is 5.32 Å². The van der Waals surface area contributed by atoms with Gasteiger partial charge in [0.25, 0.3) is 0 Å². The Labute approximate surface area is 189 Å². The zero-order valence-electron chi connectivity index (χ0n) is 20.7. The number of rotatable bonds is 7. The van der Waals surface area contributed by atoms with Crippen molar-refractivity contribution in [2.45, 2.75) is 53.1 Å². The largest absolute Gasteiger partial charge is 0.444 e. The van der Waals surface area contributed by atoms with Crippen LogP contribution in [0.5, 0.6) is 0 Å². The van der Waals surface area contributed by atoms with Crippen LogP contribution in [0.4, 0.5) is 4.79 Å². The number of hydrogen-bond acceptors (Lipinski definition) is 5. The minimum Gasteiger partial charge on any atom is -0.444 e. The van der Waals surface area contributed by atoms with Crippen molar-refractivity contribution >= 4 is 12.1 Å². The second-order valence-electron chi connectivity index (χ2n) is 9.90. The van der Waals surface area contributed by atoms with E-state index in [1.54, 1.807) is 0 Å². The van der Waals surface area contributed by atoms with Crippen LogP contribution in [0.25, 0.3) is 0 Å². The average Bonchev–Trinajstić information content (AvgIpc) is 2.72. The van der Waals surface area contributed by atoms with E-state index in [0.29, 0.717) is 18.4 Å². The molecule has 0 saturated carbocycles. The normalized spacial score (nSPS) is 20.5. The summed E-state index contributed by atoms with van der Waals surface area (Å²) >= 11 is 0. The molecule has 0 radical (unpaired) electrons. The Balaban J connectivity index is 1.73. The maximum atomic E-state index is 12.4. The highest BCUT2D eigenvalue weighted by Gasteiger charge is 2.27. The first-order chi connectivity index (χ1) is 14.7. The molecule has 0 spiro atoms. The quantitative estimate of drug-likeness (QED) is 0.486. The standard InChI is InChI=1S/C23H45N5O3/c1-7-27(22(29)31-23(3,4)5)18-20-8-10-28(11-9-20)21(24-6)25-16-19(2)17-26-12-14-30-15-13-26/h19-20H,7-18H2,1-6H3,(H,24,25). The molecular weight excluding hydrogens is 394 g/mol. The average molecular weight is 440 g/mol. The molecule has 31 heavy (non-hydrogen) atoms. The van der Waals surface area contributed by atoms with Crippen LogP contribution in [0.3, 0.4) is 0 Å². The smallest absolute Gasteiger partial charge is 0.410 e. The van der Waals surface area contributed by atoms with Crippen molar-refractivity contribution in [2.75, 3.05) is 72.6 Å². The summed E-state index contributed by atoms with van der Waals surface area (Å²) in [4.78, 5) is 23.6. The molecule has 2 heterocycles. The predicted molar refractivity (Wildman–Crippen MR) is 126 cm³/mol. The van der Waals surface area contributed by atoms with Crippen molar-refractivity contribution in [3.63, 3.8) is 0 Å². The maximum absolute atomic E-state index is 12.4. The highest BCUT2D eigenvalue weighted by atomic mass is 16.6. The number of amides is 1. The van der Waals surface area contributed by atoms with Gasteiger partial charge in [-0.15, -0.1) is 0 Å². The van der Waals surface area contributed by atoms with Crippen LogP contribution >= 0.6 is 0 Å². The van der Waals surface area contributed by atoms with Gasteiger partial charge in [-0.1, -0.05) is 6.92 Å². The SMILES string of the molecule is CCN(CC1CCN(C(=NC)NCC(C)CN2CCOCC2)CC1)C(=O)OC(C)(C)C. The van der Waals surface area contributed by atoms with Gasteiger partial charge < -0.3 is 24.6 Å². The van der Waals surface area contributed by atoms with Gasteiger partial charge in [0.1, 0.15) is 5.60 Å². The molecule has 1 atom stereocenters. The topological polar surface area (TPSA) is 69.6 Å². The van der Waals surface area contributed by atoms with Crippen molar-refractivity contribution in [3.05, 3.63) is 0 Å². The zero-order valence-corrected chi connectivity index (χ0v) is 20.7. The minimum atomic E-state index is -0.453. The zero-order chi connectivity index (χ0) is 22.9. The molecule has 0 aromatic carbocycles. The Morgan fingerprint density at radius 3 is 2.42 bits per heavy atom. The van der Waals surface area contributed by atoms with Gasteiger partial charge in [-0.05, 0) is 52.4 Å². The molecule has 180 valence electrons. The van der Waals surface area contributed by atoms with Crippen LogP contribution in [0.15, 0.2) is 4.99 Å². The summed E-state index contributed by atoms with van der Waals surface area (Å²) in [5.74, 6) is 2.05. The lowest BCUT2D eigenvalue weighted by Crippen LogP contribution is -2.49. The van der Waals surface area contributed by atoms with Gasteiger partial charge in [-0.3, -0.25) is 9.89 Å². The summed E-state index contributed by atoms with van der Waals surface area (Å²) < 4.78 is 11.0. The van der Waals surface area contributed by atoms with Crippen LogP contribution in [-0.4, -0.2) is 105 Å². The van der Waals surface area contributed by atoms with Crippen LogP contribution in [0.1, 0.15) is 47.5 Å². The third kappa shape index (κ3) is 9.23. The van der Waals surface area contributed by atoms with Gasteiger partial charge in [0, 0.05) is 59.4 Å². The van der Waals surface area contributed by atoms with Crippen molar-refractivity contribution in [1.29, 1.82) is 0 Å². The van der Waals surface area contributed by atoms with E-state index in [0.717, 1.165) is 77.8 Å². The molecule has 8 heteroatoms. The van der Waals surface area contributed by atoms with E-state index >= 15 is 0 Å². The second kappa shape index (κ2) is 12.5.